The molecule has 0 spiro atoms. The molecule has 9 heteroatoms. The number of urea groups is 1. The van der Waals surface area contributed by atoms with E-state index in [1.165, 1.54) is 4.31 Å². The number of ether oxygens (including phenoxy) is 2. The first-order valence-electron chi connectivity index (χ1n) is 9.79. The minimum Gasteiger partial charge on any atom is -0.497 e. The Bertz CT molecular complexity index is 911. The molecule has 0 saturated carbocycles. The molecule has 0 unspecified atom stereocenters. The predicted octanol–water partition coefficient (Wildman–Crippen LogP) is 1.93. The fourth-order valence-electron chi connectivity index (χ4n) is 3.16. The minimum absolute atomic E-state index is 0.0251. The minimum atomic E-state index is -3.40. The van der Waals surface area contributed by atoms with Crippen LogP contribution in [-0.2, 0) is 15.8 Å². The predicted molar refractivity (Wildman–Crippen MR) is 114 cm³/mol. The third-order valence-electron chi connectivity index (χ3n) is 4.82. The second-order valence-electron chi connectivity index (χ2n) is 6.88. The summed E-state index contributed by atoms with van der Waals surface area (Å²) < 4.78 is 37.3. The molecule has 30 heavy (non-hydrogen) atoms. The number of carbonyl (C=O) groups is 1. The van der Waals surface area contributed by atoms with Crippen LogP contribution in [0.4, 0.5) is 4.79 Å². The van der Waals surface area contributed by atoms with Crippen molar-refractivity contribution in [2.45, 2.75) is 5.75 Å². The summed E-state index contributed by atoms with van der Waals surface area (Å²) in [5.41, 5.74) is 0.759. The van der Waals surface area contributed by atoms with E-state index in [0.717, 1.165) is 11.3 Å². The van der Waals surface area contributed by atoms with Gasteiger partial charge in [0.2, 0.25) is 10.0 Å². The first-order chi connectivity index (χ1) is 14.5. The maximum Gasteiger partial charge on any atom is 0.317 e. The number of hydrogen-bond donors (Lipinski definition) is 1. The van der Waals surface area contributed by atoms with E-state index in [9.17, 15) is 13.2 Å². The number of benzene rings is 2. The Morgan fingerprint density at radius 2 is 1.60 bits per heavy atom. The topological polar surface area (TPSA) is 88.2 Å². The molecule has 0 atom stereocenters. The summed E-state index contributed by atoms with van der Waals surface area (Å²) in [5, 5.41) is 2.81. The molecule has 0 radical (unpaired) electrons. The molecular weight excluding hydrogens is 406 g/mol. The zero-order valence-corrected chi connectivity index (χ0v) is 17.8. The van der Waals surface area contributed by atoms with Crippen LogP contribution in [0, 0.1) is 0 Å². The summed E-state index contributed by atoms with van der Waals surface area (Å²) >= 11 is 0. The molecule has 1 fully saturated rings. The van der Waals surface area contributed by atoms with E-state index < -0.39 is 10.0 Å². The normalized spacial score (nSPS) is 14.9. The van der Waals surface area contributed by atoms with Gasteiger partial charge in [-0.05, 0) is 29.8 Å². The van der Waals surface area contributed by atoms with E-state index in [1.54, 1.807) is 48.4 Å². The highest BCUT2D eigenvalue weighted by Crippen LogP contribution is 2.17. The number of sulfonamides is 1. The molecule has 2 aromatic rings. The third-order valence-corrected chi connectivity index (χ3v) is 6.67. The van der Waals surface area contributed by atoms with Crippen LogP contribution in [0.3, 0.4) is 0 Å². The molecule has 0 bridgehead atoms. The number of nitrogens with zero attached hydrogens (tertiary/aromatic N) is 2. The van der Waals surface area contributed by atoms with E-state index in [-0.39, 0.29) is 11.8 Å². The van der Waals surface area contributed by atoms with Gasteiger partial charge in [-0.3, -0.25) is 0 Å². The van der Waals surface area contributed by atoms with Crippen molar-refractivity contribution in [3.63, 3.8) is 0 Å². The molecule has 2 amide bonds. The van der Waals surface area contributed by atoms with Crippen LogP contribution in [0.5, 0.6) is 11.5 Å². The van der Waals surface area contributed by atoms with Crippen LogP contribution in [0.2, 0.25) is 0 Å². The van der Waals surface area contributed by atoms with Crippen molar-refractivity contribution in [1.82, 2.24) is 14.5 Å². The summed E-state index contributed by atoms with van der Waals surface area (Å²) in [4.78, 5) is 13.9. The Kier molecular flexibility index (Phi) is 7.53. The molecule has 8 nitrogen and oxygen atoms in total. The molecule has 1 aliphatic heterocycles. The lowest BCUT2D eigenvalue weighted by molar-refractivity contribution is 0.170. The van der Waals surface area contributed by atoms with Crippen molar-refractivity contribution in [1.29, 1.82) is 0 Å². The lowest BCUT2D eigenvalue weighted by Crippen LogP contribution is -2.53. The maximum absolute atomic E-state index is 12.6. The van der Waals surface area contributed by atoms with Crippen molar-refractivity contribution < 1.29 is 22.7 Å². The average Bonchev–Trinajstić information content (AvgIpc) is 2.77. The second kappa shape index (κ2) is 10.3. The van der Waals surface area contributed by atoms with Crippen LogP contribution < -0.4 is 14.8 Å². The Morgan fingerprint density at radius 3 is 2.23 bits per heavy atom. The van der Waals surface area contributed by atoms with Gasteiger partial charge in [-0.15, -0.1) is 0 Å². The largest absolute Gasteiger partial charge is 0.497 e. The van der Waals surface area contributed by atoms with E-state index in [4.69, 9.17) is 9.47 Å². The summed E-state index contributed by atoms with van der Waals surface area (Å²) in [7, 11) is -1.79. The van der Waals surface area contributed by atoms with Gasteiger partial charge in [0.1, 0.15) is 18.1 Å². The standard InChI is InChI=1S/C21H27N3O5S/c1-28-19-7-9-20(10-8-19)29-16-11-22-21(25)23-12-14-24(15-13-23)30(26,27)17-18-5-3-2-4-6-18/h2-10H,11-17H2,1H3,(H,22,25). The fourth-order valence-corrected chi connectivity index (χ4v) is 4.67. The lowest BCUT2D eigenvalue weighted by Gasteiger charge is -2.34. The van der Waals surface area contributed by atoms with Gasteiger partial charge in [0.25, 0.3) is 0 Å². The number of rotatable bonds is 8. The quantitative estimate of drug-likeness (QED) is 0.643. The second-order valence-corrected chi connectivity index (χ2v) is 8.85. The highest BCUT2D eigenvalue weighted by Gasteiger charge is 2.28. The number of carbonyl (C=O) groups excluding carboxylic acids is 1. The van der Waals surface area contributed by atoms with Crippen molar-refractivity contribution in [2.24, 2.45) is 0 Å². The molecule has 1 N–H and O–H groups in total. The van der Waals surface area contributed by atoms with Gasteiger partial charge >= 0.3 is 6.03 Å². The molecule has 162 valence electrons. The van der Waals surface area contributed by atoms with Crippen molar-refractivity contribution in [3.05, 3.63) is 60.2 Å². The summed E-state index contributed by atoms with van der Waals surface area (Å²) in [5.74, 6) is 1.42. The Hall–Kier alpha value is -2.78. The number of piperazine rings is 1. The lowest BCUT2D eigenvalue weighted by atomic mass is 10.2. The van der Waals surface area contributed by atoms with E-state index in [1.807, 2.05) is 18.2 Å². The molecule has 0 aromatic heterocycles. The van der Waals surface area contributed by atoms with E-state index in [0.29, 0.717) is 45.1 Å². The Morgan fingerprint density at radius 1 is 0.967 bits per heavy atom. The van der Waals surface area contributed by atoms with Gasteiger partial charge in [0.15, 0.2) is 0 Å². The van der Waals surface area contributed by atoms with E-state index >= 15 is 0 Å². The molecule has 0 aliphatic carbocycles. The Balaban J connectivity index is 1.38. The number of hydrogen-bond acceptors (Lipinski definition) is 5. The van der Waals surface area contributed by atoms with Crippen LogP contribution in [-0.4, -0.2) is 70.1 Å². The van der Waals surface area contributed by atoms with Gasteiger partial charge in [-0.1, -0.05) is 30.3 Å². The molecule has 1 aliphatic rings. The first-order valence-corrected chi connectivity index (χ1v) is 11.4. The summed E-state index contributed by atoms with van der Waals surface area (Å²) in [6.07, 6.45) is 0. The van der Waals surface area contributed by atoms with Crippen LogP contribution in [0.1, 0.15) is 5.56 Å². The zero-order valence-electron chi connectivity index (χ0n) is 17.0. The van der Waals surface area contributed by atoms with Gasteiger partial charge in [0, 0.05) is 26.2 Å². The number of amides is 2. The van der Waals surface area contributed by atoms with Crippen molar-refractivity contribution in [2.75, 3.05) is 46.4 Å². The first kappa shape index (κ1) is 21.9. The highest BCUT2D eigenvalue weighted by molar-refractivity contribution is 7.88. The van der Waals surface area contributed by atoms with Gasteiger partial charge < -0.3 is 19.7 Å². The van der Waals surface area contributed by atoms with Gasteiger partial charge in [-0.2, -0.15) is 4.31 Å². The van der Waals surface area contributed by atoms with Crippen molar-refractivity contribution >= 4 is 16.1 Å². The molecule has 1 saturated heterocycles. The molecule has 3 rings (SSSR count). The average molecular weight is 434 g/mol. The molecular formula is C21H27N3O5S. The summed E-state index contributed by atoms with van der Waals surface area (Å²) in [6.45, 7) is 2.01. The van der Waals surface area contributed by atoms with Gasteiger partial charge in [-0.25, -0.2) is 13.2 Å². The maximum atomic E-state index is 12.6. The summed E-state index contributed by atoms with van der Waals surface area (Å²) in [6, 6.07) is 16.1. The molecule has 1 heterocycles. The van der Waals surface area contributed by atoms with Crippen LogP contribution >= 0.6 is 0 Å². The number of nitrogens with one attached hydrogen (secondary N) is 1. The van der Waals surface area contributed by atoms with Crippen LogP contribution in [0.25, 0.3) is 0 Å². The van der Waals surface area contributed by atoms with Gasteiger partial charge in [0.05, 0.1) is 19.4 Å². The van der Waals surface area contributed by atoms with E-state index in [2.05, 4.69) is 5.32 Å². The highest BCUT2D eigenvalue weighted by atomic mass is 32.2. The third kappa shape index (κ3) is 6.11. The molecule has 2 aromatic carbocycles. The van der Waals surface area contributed by atoms with Crippen molar-refractivity contribution in [3.8, 4) is 11.5 Å². The Labute approximate surface area is 177 Å². The number of methoxy groups -OCH3 is 1. The SMILES string of the molecule is COc1ccc(OCCNC(=O)N2CCN(S(=O)(=O)Cc3ccccc3)CC2)cc1. The zero-order chi connectivity index (χ0) is 21.4. The smallest absolute Gasteiger partial charge is 0.317 e. The fraction of sp³-hybridized carbons (Fsp3) is 0.381. The van der Waals surface area contributed by atoms with Crippen LogP contribution in [0.15, 0.2) is 54.6 Å². The monoisotopic (exact) mass is 433 g/mol.